The van der Waals surface area contributed by atoms with Crippen LogP contribution in [0.4, 0.5) is 0 Å². The predicted molar refractivity (Wildman–Crippen MR) is 45.3 cm³/mol. The summed E-state index contributed by atoms with van der Waals surface area (Å²) in [4.78, 5) is 0. The van der Waals surface area contributed by atoms with Gasteiger partial charge < -0.3 is 5.11 Å². The molecule has 0 amide bonds. The van der Waals surface area contributed by atoms with Crippen molar-refractivity contribution in [3.63, 3.8) is 0 Å². The van der Waals surface area contributed by atoms with Crippen LogP contribution in [-0.4, -0.2) is 10.7 Å². The Hall–Kier alpha value is -0.0400. The lowest BCUT2D eigenvalue weighted by atomic mass is 9.79. The van der Waals surface area contributed by atoms with Gasteiger partial charge in [-0.2, -0.15) is 0 Å². The molecule has 1 spiro atoms. The molecule has 2 saturated carbocycles. The van der Waals surface area contributed by atoms with E-state index in [1.807, 2.05) is 6.92 Å². The van der Waals surface area contributed by atoms with Gasteiger partial charge in [0.05, 0.1) is 5.60 Å². The number of hydrogen-bond donors (Lipinski definition) is 1. The maximum Gasteiger partial charge on any atom is 0.0630 e. The predicted octanol–water partition coefficient (Wildman–Crippen LogP) is 2.34. The van der Waals surface area contributed by atoms with Gasteiger partial charge in [-0.1, -0.05) is 13.8 Å². The zero-order chi connectivity index (χ0) is 8.33. The standard InChI is InChI=1S/C10H18O/c1-8(2)6-9(3,11)7-10(8)4-5-10/h11H,4-7H2,1-3H3. The Bertz CT molecular complexity index is 179. The summed E-state index contributed by atoms with van der Waals surface area (Å²) in [6.45, 7) is 6.60. The number of rotatable bonds is 0. The van der Waals surface area contributed by atoms with Gasteiger partial charge in [-0.3, -0.25) is 0 Å². The van der Waals surface area contributed by atoms with Crippen molar-refractivity contribution in [2.45, 2.75) is 52.1 Å². The second-order valence-corrected chi connectivity index (χ2v) is 5.51. The van der Waals surface area contributed by atoms with E-state index < -0.39 is 0 Å². The SMILES string of the molecule is CC1(O)CC(C)(C)C2(CC2)C1. The molecule has 2 rings (SSSR count). The maximum absolute atomic E-state index is 9.91. The summed E-state index contributed by atoms with van der Waals surface area (Å²) in [5.74, 6) is 0. The van der Waals surface area contributed by atoms with Crippen molar-refractivity contribution >= 4 is 0 Å². The van der Waals surface area contributed by atoms with Crippen LogP contribution >= 0.6 is 0 Å². The largest absolute Gasteiger partial charge is 0.390 e. The van der Waals surface area contributed by atoms with Gasteiger partial charge in [0.1, 0.15) is 0 Å². The van der Waals surface area contributed by atoms with Gasteiger partial charge in [0, 0.05) is 0 Å². The van der Waals surface area contributed by atoms with Gasteiger partial charge in [0.25, 0.3) is 0 Å². The summed E-state index contributed by atoms with van der Waals surface area (Å²) in [7, 11) is 0. The smallest absolute Gasteiger partial charge is 0.0630 e. The van der Waals surface area contributed by atoms with Crippen molar-refractivity contribution in [2.24, 2.45) is 10.8 Å². The van der Waals surface area contributed by atoms with Crippen LogP contribution < -0.4 is 0 Å². The van der Waals surface area contributed by atoms with Crippen molar-refractivity contribution in [2.75, 3.05) is 0 Å². The van der Waals surface area contributed by atoms with Crippen molar-refractivity contribution in [3.05, 3.63) is 0 Å². The van der Waals surface area contributed by atoms with E-state index in [0.717, 1.165) is 12.8 Å². The lowest BCUT2D eigenvalue weighted by molar-refractivity contribution is 0.0562. The second-order valence-electron chi connectivity index (χ2n) is 5.51. The van der Waals surface area contributed by atoms with E-state index in [1.165, 1.54) is 12.8 Å². The molecule has 1 atom stereocenters. The molecule has 2 aliphatic rings. The van der Waals surface area contributed by atoms with Crippen LogP contribution in [0.5, 0.6) is 0 Å². The minimum absolute atomic E-state index is 0.375. The van der Waals surface area contributed by atoms with Crippen molar-refractivity contribution in [1.82, 2.24) is 0 Å². The molecule has 0 aliphatic heterocycles. The molecule has 0 aromatic carbocycles. The first-order valence-corrected chi connectivity index (χ1v) is 4.59. The zero-order valence-corrected chi connectivity index (χ0v) is 7.78. The highest BCUT2D eigenvalue weighted by molar-refractivity contribution is 5.13. The molecule has 11 heavy (non-hydrogen) atoms. The highest BCUT2D eigenvalue weighted by Crippen LogP contribution is 2.69. The van der Waals surface area contributed by atoms with Gasteiger partial charge in [-0.25, -0.2) is 0 Å². The molecule has 64 valence electrons. The second kappa shape index (κ2) is 1.66. The van der Waals surface area contributed by atoms with Crippen LogP contribution in [0.2, 0.25) is 0 Å². The third kappa shape index (κ3) is 0.936. The molecule has 0 aromatic rings. The minimum atomic E-state index is -0.375. The highest BCUT2D eigenvalue weighted by atomic mass is 16.3. The molecule has 0 bridgehead atoms. The molecule has 0 heterocycles. The minimum Gasteiger partial charge on any atom is -0.390 e. The lowest BCUT2D eigenvalue weighted by Gasteiger charge is -2.26. The number of aliphatic hydroxyl groups is 1. The molecule has 1 nitrogen and oxygen atoms in total. The van der Waals surface area contributed by atoms with Gasteiger partial charge in [0.15, 0.2) is 0 Å². The van der Waals surface area contributed by atoms with Crippen molar-refractivity contribution < 1.29 is 5.11 Å². The van der Waals surface area contributed by atoms with E-state index in [0.29, 0.717) is 10.8 Å². The molecule has 1 unspecified atom stereocenters. The molecule has 1 N–H and O–H groups in total. The van der Waals surface area contributed by atoms with Gasteiger partial charge in [0.2, 0.25) is 0 Å². The molecule has 0 aromatic heterocycles. The molecule has 0 radical (unpaired) electrons. The van der Waals surface area contributed by atoms with Crippen molar-refractivity contribution in [3.8, 4) is 0 Å². The summed E-state index contributed by atoms with van der Waals surface area (Å²) in [5, 5.41) is 9.91. The van der Waals surface area contributed by atoms with Gasteiger partial charge in [-0.05, 0) is 43.4 Å². The van der Waals surface area contributed by atoms with Crippen LogP contribution in [-0.2, 0) is 0 Å². The molecular weight excluding hydrogens is 136 g/mol. The van der Waals surface area contributed by atoms with E-state index in [2.05, 4.69) is 13.8 Å². The lowest BCUT2D eigenvalue weighted by Crippen LogP contribution is -2.21. The zero-order valence-electron chi connectivity index (χ0n) is 7.78. The van der Waals surface area contributed by atoms with Gasteiger partial charge in [-0.15, -0.1) is 0 Å². The molecule has 1 heteroatoms. The third-order valence-electron chi connectivity index (χ3n) is 3.83. The quantitative estimate of drug-likeness (QED) is 0.568. The Morgan fingerprint density at radius 2 is 1.55 bits per heavy atom. The first kappa shape index (κ1) is 7.60. The number of hydrogen-bond acceptors (Lipinski definition) is 1. The normalized spacial score (nSPS) is 44.7. The average Bonchev–Trinajstić information content (AvgIpc) is 2.38. The molecule has 0 saturated heterocycles. The van der Waals surface area contributed by atoms with E-state index in [4.69, 9.17) is 0 Å². The Kier molecular flexibility index (Phi) is 1.15. The van der Waals surface area contributed by atoms with E-state index >= 15 is 0 Å². The summed E-state index contributed by atoms with van der Waals surface area (Å²) < 4.78 is 0. The Labute approximate surface area is 68.8 Å². The fourth-order valence-corrected chi connectivity index (χ4v) is 3.17. The van der Waals surface area contributed by atoms with Crippen LogP contribution in [0.3, 0.4) is 0 Å². The average molecular weight is 154 g/mol. The highest BCUT2D eigenvalue weighted by Gasteiger charge is 2.62. The monoisotopic (exact) mass is 154 g/mol. The third-order valence-corrected chi connectivity index (χ3v) is 3.83. The molecule has 2 aliphatic carbocycles. The Balaban J connectivity index is 2.26. The fraction of sp³-hybridized carbons (Fsp3) is 1.00. The summed E-state index contributed by atoms with van der Waals surface area (Å²) in [5.41, 5.74) is 0.535. The first-order valence-electron chi connectivity index (χ1n) is 4.59. The van der Waals surface area contributed by atoms with Crippen LogP contribution in [0.15, 0.2) is 0 Å². The first-order chi connectivity index (χ1) is 4.87. The summed E-state index contributed by atoms with van der Waals surface area (Å²) in [6.07, 6.45) is 4.71. The van der Waals surface area contributed by atoms with Gasteiger partial charge >= 0.3 is 0 Å². The molecular formula is C10H18O. The van der Waals surface area contributed by atoms with E-state index in [1.54, 1.807) is 0 Å². The summed E-state index contributed by atoms with van der Waals surface area (Å²) in [6, 6.07) is 0. The van der Waals surface area contributed by atoms with Crippen LogP contribution in [0.25, 0.3) is 0 Å². The van der Waals surface area contributed by atoms with E-state index in [-0.39, 0.29) is 5.60 Å². The Morgan fingerprint density at radius 1 is 1.00 bits per heavy atom. The van der Waals surface area contributed by atoms with E-state index in [9.17, 15) is 5.11 Å². The van der Waals surface area contributed by atoms with Crippen molar-refractivity contribution in [1.29, 1.82) is 0 Å². The van der Waals surface area contributed by atoms with Crippen LogP contribution in [0.1, 0.15) is 46.5 Å². The molecule has 2 fully saturated rings. The fourth-order valence-electron chi connectivity index (χ4n) is 3.17. The maximum atomic E-state index is 9.91. The summed E-state index contributed by atoms with van der Waals surface area (Å²) >= 11 is 0. The van der Waals surface area contributed by atoms with Crippen LogP contribution in [0, 0.1) is 10.8 Å². The topological polar surface area (TPSA) is 20.2 Å². The Morgan fingerprint density at radius 3 is 1.73 bits per heavy atom.